The van der Waals surface area contributed by atoms with Crippen molar-refractivity contribution in [2.24, 2.45) is 0 Å². The van der Waals surface area contributed by atoms with Crippen molar-refractivity contribution in [1.82, 2.24) is 9.88 Å². The Kier molecular flexibility index (Phi) is 3.71. The van der Waals surface area contributed by atoms with Gasteiger partial charge in [0, 0.05) is 36.0 Å². The summed E-state index contributed by atoms with van der Waals surface area (Å²) in [5.74, 6) is 0. The van der Waals surface area contributed by atoms with E-state index in [-0.39, 0.29) is 0 Å². The Morgan fingerprint density at radius 2 is 2.16 bits per heavy atom. The van der Waals surface area contributed by atoms with Crippen LogP contribution in [0.2, 0.25) is 0 Å². The Morgan fingerprint density at radius 3 is 2.84 bits per heavy atom. The molecule has 102 valence electrons. The number of piperidine rings is 1. The fraction of sp³-hybridized carbons (Fsp3) is 0.500. The van der Waals surface area contributed by atoms with Crippen LogP contribution in [0.25, 0.3) is 10.6 Å². The number of nitrogens with zero attached hydrogens (tertiary/aromatic N) is 2. The minimum atomic E-state index is -0.472. The van der Waals surface area contributed by atoms with Crippen molar-refractivity contribution in [2.45, 2.75) is 31.9 Å². The third-order valence-electron chi connectivity index (χ3n) is 3.64. The van der Waals surface area contributed by atoms with Gasteiger partial charge in [-0.15, -0.1) is 11.3 Å². The molecule has 3 rings (SSSR count). The van der Waals surface area contributed by atoms with Crippen LogP contribution in [0.5, 0.6) is 0 Å². The minimum Gasteiger partial charge on any atom is -0.390 e. The van der Waals surface area contributed by atoms with Gasteiger partial charge in [0.2, 0.25) is 0 Å². The second kappa shape index (κ2) is 5.32. The van der Waals surface area contributed by atoms with E-state index in [2.05, 4.69) is 27.1 Å². The first-order valence-corrected chi connectivity index (χ1v) is 8.36. The van der Waals surface area contributed by atoms with E-state index in [4.69, 9.17) is 4.98 Å². The van der Waals surface area contributed by atoms with Crippen LogP contribution in [-0.2, 0) is 6.54 Å². The first-order chi connectivity index (χ1) is 9.12. The molecule has 0 spiro atoms. The Balaban J connectivity index is 1.62. The predicted molar refractivity (Wildman–Crippen MR) is 80.6 cm³/mol. The van der Waals surface area contributed by atoms with E-state index in [9.17, 15) is 5.11 Å². The van der Waals surface area contributed by atoms with Gasteiger partial charge >= 0.3 is 0 Å². The highest BCUT2D eigenvalue weighted by atomic mass is 32.1. The summed E-state index contributed by atoms with van der Waals surface area (Å²) in [4.78, 5) is 7.08. The molecule has 3 heterocycles. The number of hydrogen-bond acceptors (Lipinski definition) is 5. The fourth-order valence-corrected chi connectivity index (χ4v) is 3.84. The summed E-state index contributed by atoms with van der Waals surface area (Å²) in [5, 5.41) is 17.4. The highest BCUT2D eigenvalue weighted by Gasteiger charge is 2.27. The molecular formula is C14H18N2OS2. The summed E-state index contributed by atoms with van der Waals surface area (Å²) in [6, 6.07) is 2.12. The largest absolute Gasteiger partial charge is 0.390 e. The molecule has 0 saturated carbocycles. The van der Waals surface area contributed by atoms with Gasteiger partial charge in [-0.05, 0) is 31.2 Å². The molecule has 3 nitrogen and oxygen atoms in total. The van der Waals surface area contributed by atoms with Gasteiger partial charge in [-0.25, -0.2) is 4.98 Å². The first-order valence-electron chi connectivity index (χ1n) is 6.54. The molecule has 1 aliphatic heterocycles. The van der Waals surface area contributed by atoms with E-state index in [1.807, 2.05) is 6.92 Å². The van der Waals surface area contributed by atoms with Crippen LogP contribution in [0.4, 0.5) is 0 Å². The summed E-state index contributed by atoms with van der Waals surface area (Å²) in [6.45, 7) is 4.75. The highest BCUT2D eigenvalue weighted by molar-refractivity contribution is 7.14. The van der Waals surface area contributed by atoms with Gasteiger partial charge in [0.1, 0.15) is 5.01 Å². The molecular weight excluding hydrogens is 276 g/mol. The molecule has 2 aromatic rings. The average Bonchev–Trinajstić information content (AvgIpc) is 3.02. The monoisotopic (exact) mass is 294 g/mol. The second-order valence-electron chi connectivity index (χ2n) is 5.43. The molecule has 0 atom stereocenters. The Bertz CT molecular complexity index is 523. The van der Waals surface area contributed by atoms with Gasteiger partial charge in [0.05, 0.1) is 11.3 Å². The summed E-state index contributed by atoms with van der Waals surface area (Å²) >= 11 is 3.42. The highest BCUT2D eigenvalue weighted by Crippen LogP contribution is 2.27. The topological polar surface area (TPSA) is 36.4 Å². The second-order valence-corrected chi connectivity index (χ2v) is 7.07. The van der Waals surface area contributed by atoms with Crippen LogP contribution in [0.1, 0.15) is 25.5 Å². The lowest BCUT2D eigenvalue weighted by Gasteiger charge is -2.35. The molecule has 0 amide bonds. The molecule has 0 unspecified atom stereocenters. The van der Waals surface area contributed by atoms with E-state index in [0.717, 1.165) is 43.2 Å². The Hall–Kier alpha value is -0.750. The lowest BCUT2D eigenvalue weighted by atomic mass is 9.94. The number of hydrogen-bond donors (Lipinski definition) is 1. The molecule has 0 aliphatic carbocycles. The van der Waals surface area contributed by atoms with Gasteiger partial charge < -0.3 is 5.11 Å². The molecule has 1 aliphatic rings. The van der Waals surface area contributed by atoms with Gasteiger partial charge in [0.15, 0.2) is 0 Å². The third kappa shape index (κ3) is 3.23. The van der Waals surface area contributed by atoms with Crippen molar-refractivity contribution in [3.05, 3.63) is 27.9 Å². The van der Waals surface area contributed by atoms with Crippen molar-refractivity contribution in [1.29, 1.82) is 0 Å². The van der Waals surface area contributed by atoms with Gasteiger partial charge in [0.25, 0.3) is 0 Å². The van der Waals surface area contributed by atoms with Gasteiger partial charge in [-0.1, -0.05) is 0 Å². The minimum absolute atomic E-state index is 0.472. The molecule has 1 saturated heterocycles. The lowest BCUT2D eigenvalue weighted by Crippen LogP contribution is -2.41. The maximum atomic E-state index is 9.95. The van der Waals surface area contributed by atoms with Gasteiger partial charge in [-0.2, -0.15) is 11.3 Å². The summed E-state index contributed by atoms with van der Waals surface area (Å²) < 4.78 is 0. The normalized spacial score (nSPS) is 19.7. The average molecular weight is 294 g/mol. The summed E-state index contributed by atoms with van der Waals surface area (Å²) in [6.07, 6.45) is 1.71. The molecule has 0 aromatic carbocycles. The number of thiazole rings is 1. The number of thiophene rings is 1. The SMILES string of the molecule is CC1(O)CCN(Cc2csc(-c3ccsc3)n2)CC1. The third-order valence-corrected chi connectivity index (χ3v) is 5.26. The molecule has 0 bridgehead atoms. The van der Waals surface area contributed by atoms with Crippen molar-refractivity contribution < 1.29 is 5.11 Å². The molecule has 1 N–H and O–H groups in total. The fourth-order valence-electron chi connectivity index (χ4n) is 2.32. The molecule has 19 heavy (non-hydrogen) atoms. The Morgan fingerprint density at radius 1 is 1.37 bits per heavy atom. The van der Waals surface area contributed by atoms with E-state index < -0.39 is 5.60 Å². The zero-order chi connectivity index (χ0) is 13.3. The van der Waals surface area contributed by atoms with Crippen LogP contribution >= 0.6 is 22.7 Å². The smallest absolute Gasteiger partial charge is 0.124 e. The summed E-state index contributed by atoms with van der Waals surface area (Å²) in [5.41, 5.74) is 1.90. The van der Waals surface area contributed by atoms with Crippen LogP contribution in [0, 0.1) is 0 Å². The maximum absolute atomic E-state index is 9.95. The van der Waals surface area contributed by atoms with E-state index in [1.165, 1.54) is 5.56 Å². The van der Waals surface area contributed by atoms with Crippen LogP contribution < -0.4 is 0 Å². The summed E-state index contributed by atoms with van der Waals surface area (Å²) in [7, 11) is 0. The molecule has 1 fully saturated rings. The lowest BCUT2D eigenvalue weighted by molar-refractivity contribution is -0.00753. The number of aliphatic hydroxyl groups is 1. The van der Waals surface area contributed by atoms with Gasteiger partial charge in [-0.3, -0.25) is 4.90 Å². The van der Waals surface area contributed by atoms with Crippen LogP contribution in [0.3, 0.4) is 0 Å². The zero-order valence-electron chi connectivity index (χ0n) is 11.0. The van der Waals surface area contributed by atoms with Crippen molar-refractivity contribution in [3.63, 3.8) is 0 Å². The van der Waals surface area contributed by atoms with Crippen molar-refractivity contribution >= 4 is 22.7 Å². The van der Waals surface area contributed by atoms with E-state index in [1.54, 1.807) is 22.7 Å². The maximum Gasteiger partial charge on any atom is 0.124 e. The van der Waals surface area contributed by atoms with E-state index >= 15 is 0 Å². The van der Waals surface area contributed by atoms with Crippen LogP contribution in [0.15, 0.2) is 22.2 Å². The van der Waals surface area contributed by atoms with E-state index in [0.29, 0.717) is 0 Å². The number of aromatic nitrogens is 1. The van der Waals surface area contributed by atoms with Crippen molar-refractivity contribution in [3.8, 4) is 10.6 Å². The standard InChI is InChI=1S/C14H18N2OS2/c1-14(17)3-5-16(6-4-14)8-12-10-19-13(15-12)11-2-7-18-9-11/h2,7,9-10,17H,3-6,8H2,1H3. The molecule has 0 radical (unpaired) electrons. The van der Waals surface area contributed by atoms with Crippen LogP contribution in [-0.4, -0.2) is 33.7 Å². The first kappa shape index (κ1) is 13.2. The number of likely N-dealkylation sites (tertiary alicyclic amines) is 1. The van der Waals surface area contributed by atoms with Crippen molar-refractivity contribution in [2.75, 3.05) is 13.1 Å². The zero-order valence-corrected chi connectivity index (χ0v) is 12.6. The Labute approximate surface area is 121 Å². The molecule has 2 aromatic heterocycles. The quantitative estimate of drug-likeness (QED) is 0.944. The number of rotatable bonds is 3. The molecule has 5 heteroatoms. The predicted octanol–water partition coefficient (Wildman–Crippen LogP) is 3.22.